The minimum Gasteiger partial charge on any atom is -0.461 e. The normalized spacial score (nSPS) is 46.8. The number of carbonyl (C=O) groups is 2. The predicted molar refractivity (Wildman–Crippen MR) is 78.4 cm³/mol. The Morgan fingerprint density at radius 2 is 2.18 bits per heavy atom. The summed E-state index contributed by atoms with van der Waals surface area (Å²) < 4.78 is 5.68. The second-order valence-electron chi connectivity index (χ2n) is 7.21. The Morgan fingerprint density at radius 1 is 1.41 bits per heavy atom. The maximum atomic E-state index is 12.4. The van der Waals surface area contributed by atoms with E-state index in [4.69, 9.17) is 4.74 Å². The summed E-state index contributed by atoms with van der Waals surface area (Å²) in [6, 6.07) is 0. The first-order valence-electron chi connectivity index (χ1n) is 8.46. The van der Waals surface area contributed by atoms with E-state index in [1.54, 1.807) is 11.0 Å². The number of hydrogen-bond acceptors (Lipinski definition) is 4. The monoisotopic (exact) mass is 305 g/mol. The van der Waals surface area contributed by atoms with Gasteiger partial charge in [0.25, 0.3) is 0 Å². The molecular weight excluding hydrogens is 282 g/mol. The summed E-state index contributed by atoms with van der Waals surface area (Å²) in [5, 5.41) is 11.6. The van der Waals surface area contributed by atoms with Gasteiger partial charge in [-0.1, -0.05) is 20.3 Å². The van der Waals surface area contributed by atoms with E-state index in [9.17, 15) is 14.7 Å². The van der Waals surface area contributed by atoms with Gasteiger partial charge >= 0.3 is 5.97 Å². The van der Waals surface area contributed by atoms with Crippen LogP contribution in [0.15, 0.2) is 11.6 Å². The summed E-state index contributed by atoms with van der Waals surface area (Å²) in [6.45, 7) is 4.54. The number of fused-ring (bicyclic) bond motifs is 2. The standard InChI is InChI=1S/C17H23NO4/c1-3-10-11-6-4-5-7-18-13(19)8-12(17(11,18)21)14-9(2)16(20)22-15(10)14/h8-11,14-15,21H,3-7H2,1-2H3. The number of carbonyl (C=O) groups excluding carboxylic acids is 2. The fraction of sp³-hybridized carbons (Fsp3) is 0.765. The van der Waals surface area contributed by atoms with Crippen molar-refractivity contribution in [1.29, 1.82) is 0 Å². The highest BCUT2D eigenvalue weighted by atomic mass is 16.6. The molecule has 0 spiro atoms. The van der Waals surface area contributed by atoms with E-state index in [0.717, 1.165) is 31.3 Å². The van der Waals surface area contributed by atoms with E-state index < -0.39 is 5.72 Å². The number of hydrogen-bond donors (Lipinski definition) is 1. The van der Waals surface area contributed by atoms with Crippen LogP contribution in [0.2, 0.25) is 0 Å². The molecule has 3 aliphatic heterocycles. The summed E-state index contributed by atoms with van der Waals surface area (Å²) in [7, 11) is 0. The fourth-order valence-electron chi connectivity index (χ4n) is 5.32. The molecule has 3 heterocycles. The third kappa shape index (κ3) is 1.53. The second kappa shape index (κ2) is 4.57. The number of aliphatic hydroxyl groups is 1. The van der Waals surface area contributed by atoms with Crippen LogP contribution in [0.1, 0.15) is 39.5 Å². The lowest BCUT2D eigenvalue weighted by atomic mass is 9.61. The molecule has 0 aromatic carbocycles. The Bertz CT molecular complexity index is 571. The van der Waals surface area contributed by atoms with Crippen LogP contribution in [0.4, 0.5) is 0 Å². The molecule has 1 amide bonds. The smallest absolute Gasteiger partial charge is 0.309 e. The van der Waals surface area contributed by atoms with Crippen molar-refractivity contribution in [3.8, 4) is 0 Å². The van der Waals surface area contributed by atoms with Crippen molar-refractivity contribution in [2.45, 2.75) is 51.4 Å². The average Bonchev–Trinajstić information content (AvgIpc) is 2.82. The zero-order valence-corrected chi connectivity index (χ0v) is 13.1. The molecule has 1 saturated carbocycles. The number of nitrogens with zero attached hydrogens (tertiary/aromatic N) is 1. The molecule has 0 radical (unpaired) electrons. The lowest BCUT2D eigenvalue weighted by molar-refractivity contribution is -0.177. The number of amides is 1. The van der Waals surface area contributed by atoms with Crippen LogP contribution in [0.3, 0.4) is 0 Å². The Morgan fingerprint density at radius 3 is 2.91 bits per heavy atom. The SMILES string of the molecule is CCC1C2OC(=O)C(C)C2C2=CC(=O)N3CCCCC1C23O. The molecular formula is C17H23NO4. The minimum absolute atomic E-state index is 0.0305. The molecule has 5 nitrogen and oxygen atoms in total. The van der Waals surface area contributed by atoms with Crippen LogP contribution in [0.25, 0.3) is 0 Å². The van der Waals surface area contributed by atoms with E-state index >= 15 is 0 Å². The zero-order chi connectivity index (χ0) is 15.6. The van der Waals surface area contributed by atoms with Crippen molar-refractivity contribution >= 4 is 11.9 Å². The van der Waals surface area contributed by atoms with Crippen LogP contribution >= 0.6 is 0 Å². The summed E-state index contributed by atoms with van der Waals surface area (Å²) in [5.74, 6) is -0.659. The van der Waals surface area contributed by atoms with Crippen LogP contribution in [0.5, 0.6) is 0 Å². The van der Waals surface area contributed by atoms with Gasteiger partial charge in [-0.05, 0) is 24.8 Å². The van der Waals surface area contributed by atoms with Crippen molar-refractivity contribution < 1.29 is 19.4 Å². The molecule has 22 heavy (non-hydrogen) atoms. The summed E-state index contributed by atoms with van der Waals surface area (Å²) >= 11 is 0. The van der Waals surface area contributed by atoms with Crippen LogP contribution in [-0.4, -0.2) is 40.3 Å². The van der Waals surface area contributed by atoms with Crippen LogP contribution in [0, 0.1) is 23.7 Å². The summed E-state index contributed by atoms with van der Waals surface area (Å²) in [6.07, 6.45) is 5.05. The van der Waals surface area contributed by atoms with Gasteiger partial charge in [0.05, 0.1) is 5.92 Å². The average molecular weight is 305 g/mol. The number of esters is 1. The van der Waals surface area contributed by atoms with E-state index in [1.807, 2.05) is 6.92 Å². The highest BCUT2D eigenvalue weighted by molar-refractivity contribution is 5.93. The summed E-state index contributed by atoms with van der Waals surface area (Å²) in [4.78, 5) is 26.2. The van der Waals surface area contributed by atoms with E-state index in [-0.39, 0.29) is 41.7 Å². The van der Waals surface area contributed by atoms with Crippen molar-refractivity contribution in [2.24, 2.45) is 23.7 Å². The molecule has 4 rings (SSSR count). The van der Waals surface area contributed by atoms with Crippen molar-refractivity contribution in [2.75, 3.05) is 6.54 Å². The van der Waals surface area contributed by atoms with Crippen molar-refractivity contribution in [3.63, 3.8) is 0 Å². The van der Waals surface area contributed by atoms with E-state index in [1.165, 1.54) is 0 Å². The molecule has 5 heteroatoms. The first-order chi connectivity index (χ1) is 10.5. The Balaban J connectivity index is 1.88. The molecule has 6 unspecified atom stereocenters. The van der Waals surface area contributed by atoms with Gasteiger partial charge in [-0.2, -0.15) is 0 Å². The molecule has 2 saturated heterocycles. The van der Waals surface area contributed by atoms with Crippen LogP contribution < -0.4 is 0 Å². The molecule has 3 fully saturated rings. The molecule has 0 aromatic rings. The van der Waals surface area contributed by atoms with Gasteiger partial charge in [0, 0.05) is 30.4 Å². The Labute approximate surface area is 130 Å². The van der Waals surface area contributed by atoms with Gasteiger partial charge in [-0.25, -0.2) is 0 Å². The minimum atomic E-state index is -1.20. The highest BCUT2D eigenvalue weighted by Crippen LogP contribution is 2.57. The molecule has 4 aliphatic rings. The van der Waals surface area contributed by atoms with Gasteiger partial charge in [0.1, 0.15) is 6.10 Å². The van der Waals surface area contributed by atoms with Gasteiger partial charge in [-0.3, -0.25) is 9.59 Å². The Kier molecular flexibility index (Phi) is 2.96. The molecule has 120 valence electrons. The lowest BCUT2D eigenvalue weighted by Gasteiger charge is -2.51. The maximum absolute atomic E-state index is 12.4. The maximum Gasteiger partial charge on any atom is 0.309 e. The molecule has 0 bridgehead atoms. The third-order valence-electron chi connectivity index (χ3n) is 6.33. The van der Waals surface area contributed by atoms with Gasteiger partial charge in [0.15, 0.2) is 5.72 Å². The van der Waals surface area contributed by atoms with E-state index in [0.29, 0.717) is 6.54 Å². The Hall–Kier alpha value is -1.36. The topological polar surface area (TPSA) is 66.8 Å². The van der Waals surface area contributed by atoms with Gasteiger partial charge in [-0.15, -0.1) is 0 Å². The first kappa shape index (κ1) is 14.2. The predicted octanol–water partition coefficient (Wildman–Crippen LogP) is 1.46. The largest absolute Gasteiger partial charge is 0.461 e. The first-order valence-corrected chi connectivity index (χ1v) is 8.46. The molecule has 6 atom stereocenters. The zero-order valence-electron chi connectivity index (χ0n) is 13.1. The highest BCUT2D eigenvalue weighted by Gasteiger charge is 2.65. The van der Waals surface area contributed by atoms with Gasteiger partial charge < -0.3 is 14.7 Å². The summed E-state index contributed by atoms with van der Waals surface area (Å²) in [5.41, 5.74) is -0.463. The van der Waals surface area contributed by atoms with E-state index in [2.05, 4.69) is 6.92 Å². The molecule has 0 aromatic heterocycles. The van der Waals surface area contributed by atoms with Crippen molar-refractivity contribution in [3.05, 3.63) is 11.6 Å². The lowest BCUT2D eigenvalue weighted by Crippen LogP contribution is -2.61. The second-order valence-corrected chi connectivity index (χ2v) is 7.21. The number of rotatable bonds is 1. The van der Waals surface area contributed by atoms with Gasteiger partial charge in [0.2, 0.25) is 5.91 Å². The van der Waals surface area contributed by atoms with Crippen LogP contribution in [-0.2, 0) is 14.3 Å². The van der Waals surface area contributed by atoms with Crippen molar-refractivity contribution in [1.82, 2.24) is 4.90 Å². The third-order valence-corrected chi connectivity index (χ3v) is 6.33. The fourth-order valence-corrected chi connectivity index (χ4v) is 5.32. The molecule has 1 aliphatic carbocycles. The number of ether oxygens (including phenoxy) is 1. The quantitative estimate of drug-likeness (QED) is 0.745. The molecule has 1 N–H and O–H groups in total.